The van der Waals surface area contributed by atoms with Crippen molar-refractivity contribution in [1.29, 1.82) is 0 Å². The van der Waals surface area contributed by atoms with Crippen molar-refractivity contribution in [3.8, 4) is 0 Å². The molecule has 0 aliphatic heterocycles. The summed E-state index contributed by atoms with van der Waals surface area (Å²) in [6, 6.07) is 0. The quantitative estimate of drug-likeness (QED) is 0.576. The molecule has 1 saturated carbocycles. The highest BCUT2D eigenvalue weighted by atomic mass is 16.5. The first-order valence-electron chi connectivity index (χ1n) is 6.03. The van der Waals surface area contributed by atoms with Gasteiger partial charge in [-0.2, -0.15) is 0 Å². The second-order valence-corrected chi connectivity index (χ2v) is 4.63. The normalized spacial score (nSPS) is 18.4. The van der Waals surface area contributed by atoms with Crippen LogP contribution in [0.25, 0.3) is 0 Å². The van der Waals surface area contributed by atoms with Crippen LogP contribution in [0.5, 0.6) is 0 Å². The van der Waals surface area contributed by atoms with Gasteiger partial charge in [-0.1, -0.05) is 19.8 Å². The van der Waals surface area contributed by atoms with Gasteiger partial charge >= 0.3 is 0 Å². The zero-order valence-electron chi connectivity index (χ0n) is 9.77. The van der Waals surface area contributed by atoms with E-state index in [4.69, 9.17) is 4.74 Å². The van der Waals surface area contributed by atoms with Crippen molar-refractivity contribution in [3.63, 3.8) is 0 Å². The Balaban J connectivity index is 1.94. The number of hydrogen-bond donors (Lipinski definition) is 1. The highest BCUT2D eigenvalue weighted by Gasteiger charge is 2.41. The predicted octanol–water partition coefficient (Wildman–Crippen LogP) is 2.58. The lowest BCUT2D eigenvalue weighted by atomic mass is 10.0. The van der Waals surface area contributed by atoms with Crippen molar-refractivity contribution in [2.24, 2.45) is 5.41 Å². The molecule has 0 radical (unpaired) electrons. The summed E-state index contributed by atoms with van der Waals surface area (Å²) >= 11 is 0. The smallest absolute Gasteiger partial charge is 0.0468 e. The second-order valence-electron chi connectivity index (χ2n) is 4.63. The first kappa shape index (κ1) is 12.0. The minimum Gasteiger partial charge on any atom is -0.385 e. The molecule has 2 nitrogen and oxygen atoms in total. The average Bonchev–Trinajstić information content (AvgIpc) is 2.96. The van der Waals surface area contributed by atoms with Gasteiger partial charge in [0.15, 0.2) is 0 Å². The van der Waals surface area contributed by atoms with E-state index < -0.39 is 0 Å². The van der Waals surface area contributed by atoms with Gasteiger partial charge in [-0.3, -0.25) is 0 Å². The van der Waals surface area contributed by atoms with Crippen LogP contribution in [-0.2, 0) is 4.74 Å². The van der Waals surface area contributed by atoms with Crippen molar-refractivity contribution < 1.29 is 4.74 Å². The molecule has 0 aromatic carbocycles. The predicted molar refractivity (Wildman–Crippen MR) is 60.6 cm³/mol. The summed E-state index contributed by atoms with van der Waals surface area (Å²) < 4.78 is 5.13. The third-order valence-corrected chi connectivity index (χ3v) is 3.25. The van der Waals surface area contributed by atoms with Gasteiger partial charge in [0.1, 0.15) is 0 Å². The standard InChI is InChI=1S/C12H25NO/c1-3-4-5-9-13-11-12(6-7-12)8-10-14-2/h13H,3-11H2,1-2H3. The Morgan fingerprint density at radius 1 is 1.29 bits per heavy atom. The molecule has 0 unspecified atom stereocenters. The summed E-state index contributed by atoms with van der Waals surface area (Å²) in [5.74, 6) is 0. The molecule has 1 fully saturated rings. The molecule has 1 aliphatic carbocycles. The fourth-order valence-corrected chi connectivity index (χ4v) is 1.86. The number of methoxy groups -OCH3 is 1. The molecule has 0 saturated heterocycles. The molecule has 0 aromatic heterocycles. The topological polar surface area (TPSA) is 21.3 Å². The van der Waals surface area contributed by atoms with E-state index in [1.165, 1.54) is 51.6 Å². The lowest BCUT2D eigenvalue weighted by Crippen LogP contribution is -2.25. The van der Waals surface area contributed by atoms with Crippen LogP contribution in [0.4, 0.5) is 0 Å². The molecule has 0 aromatic rings. The van der Waals surface area contributed by atoms with Crippen molar-refractivity contribution >= 4 is 0 Å². The third kappa shape index (κ3) is 4.43. The zero-order valence-corrected chi connectivity index (χ0v) is 9.77. The van der Waals surface area contributed by atoms with E-state index in [1.54, 1.807) is 7.11 Å². The number of ether oxygens (including phenoxy) is 1. The Hall–Kier alpha value is -0.0800. The minimum atomic E-state index is 0.613. The Labute approximate surface area is 88.4 Å². The third-order valence-electron chi connectivity index (χ3n) is 3.25. The summed E-state index contributed by atoms with van der Waals surface area (Å²) in [4.78, 5) is 0. The molecule has 0 bridgehead atoms. The van der Waals surface area contributed by atoms with Gasteiger partial charge < -0.3 is 10.1 Å². The molecular weight excluding hydrogens is 174 g/mol. The van der Waals surface area contributed by atoms with E-state index in [9.17, 15) is 0 Å². The van der Waals surface area contributed by atoms with Crippen LogP contribution in [0, 0.1) is 5.41 Å². The van der Waals surface area contributed by atoms with Crippen LogP contribution >= 0.6 is 0 Å². The number of hydrogen-bond acceptors (Lipinski definition) is 2. The van der Waals surface area contributed by atoms with Gasteiger partial charge in [-0.25, -0.2) is 0 Å². The second kappa shape index (κ2) is 6.41. The SMILES string of the molecule is CCCCCNCC1(CCOC)CC1. The van der Waals surface area contributed by atoms with Crippen molar-refractivity contribution in [2.45, 2.75) is 45.4 Å². The summed E-state index contributed by atoms with van der Waals surface area (Å²) in [6.07, 6.45) is 8.05. The number of nitrogens with one attached hydrogen (secondary N) is 1. The van der Waals surface area contributed by atoms with E-state index in [2.05, 4.69) is 12.2 Å². The largest absolute Gasteiger partial charge is 0.385 e. The van der Waals surface area contributed by atoms with E-state index in [0.29, 0.717) is 5.41 Å². The number of rotatable bonds is 9. The van der Waals surface area contributed by atoms with Gasteiger partial charge in [-0.15, -0.1) is 0 Å². The van der Waals surface area contributed by atoms with Gasteiger partial charge in [0, 0.05) is 20.3 Å². The van der Waals surface area contributed by atoms with Crippen LogP contribution in [0.2, 0.25) is 0 Å². The van der Waals surface area contributed by atoms with E-state index in [1.807, 2.05) is 0 Å². The van der Waals surface area contributed by atoms with Crippen LogP contribution in [0.15, 0.2) is 0 Å². The lowest BCUT2D eigenvalue weighted by Gasteiger charge is -2.15. The van der Waals surface area contributed by atoms with E-state index in [-0.39, 0.29) is 0 Å². The van der Waals surface area contributed by atoms with Crippen LogP contribution in [-0.4, -0.2) is 26.8 Å². The molecule has 0 amide bonds. The Bertz CT molecular complexity index is 143. The fourth-order valence-electron chi connectivity index (χ4n) is 1.86. The maximum Gasteiger partial charge on any atom is 0.0468 e. The maximum absolute atomic E-state index is 5.13. The van der Waals surface area contributed by atoms with Gasteiger partial charge in [0.2, 0.25) is 0 Å². The zero-order chi connectivity index (χ0) is 10.3. The molecule has 14 heavy (non-hydrogen) atoms. The summed E-state index contributed by atoms with van der Waals surface area (Å²) in [7, 11) is 1.80. The molecule has 1 rings (SSSR count). The molecular formula is C12H25NO. The Morgan fingerprint density at radius 3 is 2.64 bits per heavy atom. The van der Waals surface area contributed by atoms with E-state index in [0.717, 1.165) is 6.61 Å². The molecule has 0 spiro atoms. The lowest BCUT2D eigenvalue weighted by molar-refractivity contribution is 0.171. The average molecular weight is 199 g/mol. The van der Waals surface area contributed by atoms with Crippen molar-refractivity contribution in [1.82, 2.24) is 5.32 Å². The van der Waals surface area contributed by atoms with Gasteiger partial charge in [0.05, 0.1) is 0 Å². The Kier molecular flexibility index (Phi) is 5.49. The molecule has 1 aliphatic rings. The number of unbranched alkanes of at least 4 members (excludes halogenated alkanes) is 2. The van der Waals surface area contributed by atoms with Crippen molar-refractivity contribution in [2.75, 3.05) is 26.8 Å². The minimum absolute atomic E-state index is 0.613. The molecule has 1 N–H and O–H groups in total. The van der Waals surface area contributed by atoms with Crippen LogP contribution in [0.3, 0.4) is 0 Å². The Morgan fingerprint density at radius 2 is 2.07 bits per heavy atom. The summed E-state index contributed by atoms with van der Waals surface area (Å²) in [6.45, 7) is 5.58. The first-order chi connectivity index (χ1) is 6.83. The van der Waals surface area contributed by atoms with Crippen LogP contribution in [0.1, 0.15) is 45.4 Å². The molecule has 84 valence electrons. The molecule has 2 heteroatoms. The van der Waals surface area contributed by atoms with Gasteiger partial charge in [0.25, 0.3) is 0 Å². The summed E-state index contributed by atoms with van der Waals surface area (Å²) in [5, 5.41) is 3.58. The summed E-state index contributed by atoms with van der Waals surface area (Å²) in [5.41, 5.74) is 0.613. The molecule has 0 atom stereocenters. The maximum atomic E-state index is 5.13. The van der Waals surface area contributed by atoms with Gasteiger partial charge in [-0.05, 0) is 37.6 Å². The highest BCUT2D eigenvalue weighted by molar-refractivity contribution is 4.94. The first-order valence-corrected chi connectivity index (χ1v) is 6.03. The van der Waals surface area contributed by atoms with Crippen molar-refractivity contribution in [3.05, 3.63) is 0 Å². The van der Waals surface area contributed by atoms with Crippen LogP contribution < -0.4 is 5.32 Å². The fraction of sp³-hybridized carbons (Fsp3) is 1.00. The monoisotopic (exact) mass is 199 g/mol. The highest BCUT2D eigenvalue weighted by Crippen LogP contribution is 2.48. The van der Waals surface area contributed by atoms with E-state index >= 15 is 0 Å². The molecule has 0 heterocycles.